The van der Waals surface area contributed by atoms with Gasteiger partial charge in [-0.15, -0.1) is 24.0 Å². The van der Waals surface area contributed by atoms with E-state index in [9.17, 15) is 0 Å². The quantitative estimate of drug-likeness (QED) is 0.314. The van der Waals surface area contributed by atoms with Crippen molar-refractivity contribution in [3.63, 3.8) is 0 Å². The second kappa shape index (κ2) is 11.6. The van der Waals surface area contributed by atoms with Crippen molar-refractivity contribution < 1.29 is 0 Å². The molecule has 1 heterocycles. The zero-order chi connectivity index (χ0) is 14.1. The van der Waals surface area contributed by atoms with Crippen LogP contribution in [-0.4, -0.2) is 49.1 Å². The molecule has 1 fully saturated rings. The summed E-state index contributed by atoms with van der Waals surface area (Å²) in [5, 5.41) is 6.64. The Morgan fingerprint density at radius 3 is 2.70 bits per heavy atom. The molecular weight excluding hydrogens is 363 g/mol. The minimum atomic E-state index is 0. The van der Waals surface area contributed by atoms with E-state index in [1.807, 2.05) is 0 Å². The standard InChI is InChI=1S/C15H32N4.HI/c1-5-16-15(18-13(2)3)17-10-8-12-19-11-7-6-9-14(19)4;/h13-14H,5-12H2,1-4H3,(H2,16,17,18);1H. The highest BCUT2D eigenvalue weighted by molar-refractivity contribution is 14.0. The van der Waals surface area contributed by atoms with E-state index in [1.54, 1.807) is 0 Å². The molecule has 1 saturated heterocycles. The first-order chi connectivity index (χ1) is 9.13. The molecule has 1 rings (SSSR count). The Morgan fingerprint density at radius 2 is 2.10 bits per heavy atom. The summed E-state index contributed by atoms with van der Waals surface area (Å²) in [6.07, 6.45) is 5.28. The lowest BCUT2D eigenvalue weighted by Crippen LogP contribution is -2.41. The molecule has 0 amide bonds. The first-order valence-electron chi connectivity index (χ1n) is 7.92. The molecule has 1 atom stereocenters. The maximum atomic E-state index is 4.63. The highest BCUT2D eigenvalue weighted by atomic mass is 127. The van der Waals surface area contributed by atoms with Gasteiger partial charge in [0.15, 0.2) is 5.96 Å². The van der Waals surface area contributed by atoms with E-state index in [0.717, 1.165) is 31.5 Å². The average molecular weight is 396 g/mol. The number of nitrogens with one attached hydrogen (secondary N) is 2. The number of hydrogen-bond acceptors (Lipinski definition) is 2. The van der Waals surface area contributed by atoms with E-state index < -0.39 is 0 Å². The zero-order valence-electron chi connectivity index (χ0n) is 13.6. The van der Waals surface area contributed by atoms with Gasteiger partial charge in [-0.3, -0.25) is 4.99 Å². The minimum Gasteiger partial charge on any atom is -0.357 e. The van der Waals surface area contributed by atoms with Crippen molar-refractivity contribution in [1.29, 1.82) is 0 Å². The monoisotopic (exact) mass is 396 g/mol. The van der Waals surface area contributed by atoms with E-state index in [4.69, 9.17) is 0 Å². The molecule has 0 aromatic rings. The van der Waals surface area contributed by atoms with Crippen LogP contribution in [0.4, 0.5) is 0 Å². The summed E-state index contributed by atoms with van der Waals surface area (Å²) in [4.78, 5) is 7.24. The first-order valence-corrected chi connectivity index (χ1v) is 7.92. The van der Waals surface area contributed by atoms with Gasteiger partial charge < -0.3 is 15.5 Å². The first kappa shape index (κ1) is 20.0. The average Bonchev–Trinajstić information content (AvgIpc) is 2.36. The zero-order valence-corrected chi connectivity index (χ0v) is 15.9. The third-order valence-electron chi connectivity index (χ3n) is 3.58. The Kier molecular flexibility index (Phi) is 11.6. The predicted molar refractivity (Wildman–Crippen MR) is 99.2 cm³/mol. The molecule has 5 heteroatoms. The lowest BCUT2D eigenvalue weighted by Gasteiger charge is -2.33. The van der Waals surface area contributed by atoms with Crippen molar-refractivity contribution >= 4 is 29.9 Å². The highest BCUT2D eigenvalue weighted by Crippen LogP contribution is 2.16. The molecule has 20 heavy (non-hydrogen) atoms. The molecule has 0 aromatic heterocycles. The number of nitrogens with zero attached hydrogens (tertiary/aromatic N) is 2. The Labute approximate surface area is 142 Å². The molecule has 0 radical (unpaired) electrons. The SMILES string of the molecule is CCNC(=NCCCN1CCCCC1C)NC(C)C.I. The van der Waals surface area contributed by atoms with E-state index >= 15 is 0 Å². The number of aliphatic imine (C=N–C) groups is 1. The van der Waals surface area contributed by atoms with Crippen LogP contribution in [0.5, 0.6) is 0 Å². The van der Waals surface area contributed by atoms with Crippen molar-refractivity contribution in [2.24, 2.45) is 4.99 Å². The summed E-state index contributed by atoms with van der Waals surface area (Å²) in [5.41, 5.74) is 0. The maximum absolute atomic E-state index is 4.63. The number of halogens is 1. The van der Waals surface area contributed by atoms with Gasteiger partial charge in [-0.25, -0.2) is 0 Å². The second-order valence-electron chi connectivity index (χ2n) is 5.79. The Morgan fingerprint density at radius 1 is 1.35 bits per heavy atom. The van der Waals surface area contributed by atoms with Crippen LogP contribution in [0.1, 0.15) is 53.4 Å². The van der Waals surface area contributed by atoms with Gasteiger partial charge in [0.05, 0.1) is 0 Å². The molecule has 120 valence electrons. The lowest BCUT2D eigenvalue weighted by molar-refractivity contribution is 0.160. The second-order valence-corrected chi connectivity index (χ2v) is 5.79. The summed E-state index contributed by atoms with van der Waals surface area (Å²) in [6.45, 7) is 13.0. The predicted octanol–water partition coefficient (Wildman–Crippen LogP) is 2.83. The summed E-state index contributed by atoms with van der Waals surface area (Å²) < 4.78 is 0. The van der Waals surface area contributed by atoms with Gasteiger partial charge in [0.2, 0.25) is 0 Å². The molecule has 4 nitrogen and oxygen atoms in total. The third-order valence-corrected chi connectivity index (χ3v) is 3.58. The van der Waals surface area contributed by atoms with E-state index in [2.05, 4.69) is 48.2 Å². The molecule has 0 bridgehead atoms. The van der Waals surface area contributed by atoms with Crippen LogP contribution >= 0.6 is 24.0 Å². The van der Waals surface area contributed by atoms with E-state index in [1.165, 1.54) is 32.4 Å². The molecule has 2 N–H and O–H groups in total. The smallest absolute Gasteiger partial charge is 0.191 e. The maximum Gasteiger partial charge on any atom is 0.191 e. The normalized spacial score (nSPS) is 20.6. The van der Waals surface area contributed by atoms with Crippen LogP contribution in [0.2, 0.25) is 0 Å². The topological polar surface area (TPSA) is 39.7 Å². The summed E-state index contributed by atoms with van der Waals surface area (Å²) in [7, 11) is 0. The van der Waals surface area contributed by atoms with Gasteiger partial charge in [0, 0.05) is 31.7 Å². The molecule has 0 aromatic carbocycles. The van der Waals surface area contributed by atoms with Crippen LogP contribution in [0.3, 0.4) is 0 Å². The fourth-order valence-electron chi connectivity index (χ4n) is 2.55. The summed E-state index contributed by atoms with van der Waals surface area (Å²) in [5.74, 6) is 0.948. The van der Waals surface area contributed by atoms with Crippen LogP contribution in [0.25, 0.3) is 0 Å². The van der Waals surface area contributed by atoms with Gasteiger partial charge in [0.1, 0.15) is 0 Å². The largest absolute Gasteiger partial charge is 0.357 e. The van der Waals surface area contributed by atoms with Crippen molar-refractivity contribution in [3.8, 4) is 0 Å². The van der Waals surface area contributed by atoms with E-state index in [0.29, 0.717) is 6.04 Å². The van der Waals surface area contributed by atoms with Crippen LogP contribution in [-0.2, 0) is 0 Å². The van der Waals surface area contributed by atoms with Gasteiger partial charge in [0.25, 0.3) is 0 Å². The highest BCUT2D eigenvalue weighted by Gasteiger charge is 2.16. The molecule has 0 spiro atoms. The van der Waals surface area contributed by atoms with Crippen molar-refractivity contribution in [2.45, 2.75) is 65.5 Å². The lowest BCUT2D eigenvalue weighted by atomic mass is 10.0. The molecule has 1 aliphatic heterocycles. The minimum absolute atomic E-state index is 0. The number of guanidine groups is 1. The molecule has 0 saturated carbocycles. The Bertz CT molecular complexity index is 269. The molecule has 0 aliphatic carbocycles. The summed E-state index contributed by atoms with van der Waals surface area (Å²) in [6, 6.07) is 1.19. The van der Waals surface area contributed by atoms with Crippen LogP contribution in [0.15, 0.2) is 4.99 Å². The Hall–Kier alpha value is -0.0400. The third kappa shape index (κ3) is 8.29. The molecule has 1 unspecified atom stereocenters. The van der Waals surface area contributed by atoms with Crippen molar-refractivity contribution in [2.75, 3.05) is 26.2 Å². The summed E-state index contributed by atoms with van der Waals surface area (Å²) >= 11 is 0. The fourth-order valence-corrected chi connectivity index (χ4v) is 2.55. The van der Waals surface area contributed by atoms with Gasteiger partial charge >= 0.3 is 0 Å². The van der Waals surface area contributed by atoms with Crippen molar-refractivity contribution in [1.82, 2.24) is 15.5 Å². The Balaban J connectivity index is 0.00000361. The molecule has 1 aliphatic rings. The van der Waals surface area contributed by atoms with E-state index in [-0.39, 0.29) is 24.0 Å². The number of rotatable bonds is 6. The van der Waals surface area contributed by atoms with Gasteiger partial charge in [-0.2, -0.15) is 0 Å². The van der Waals surface area contributed by atoms with Crippen molar-refractivity contribution in [3.05, 3.63) is 0 Å². The van der Waals surface area contributed by atoms with Crippen LogP contribution in [0, 0.1) is 0 Å². The molecular formula is C15H33IN4. The van der Waals surface area contributed by atoms with Gasteiger partial charge in [-0.05, 0) is 53.5 Å². The van der Waals surface area contributed by atoms with Crippen LogP contribution < -0.4 is 10.6 Å². The van der Waals surface area contributed by atoms with Gasteiger partial charge in [-0.1, -0.05) is 6.42 Å². The number of likely N-dealkylation sites (tertiary alicyclic amines) is 1. The number of hydrogen-bond donors (Lipinski definition) is 2. The fraction of sp³-hybridized carbons (Fsp3) is 0.933. The number of piperidine rings is 1.